The van der Waals surface area contributed by atoms with Gasteiger partial charge in [0.2, 0.25) is 5.91 Å². The molecule has 1 amide bonds. The lowest BCUT2D eigenvalue weighted by Crippen LogP contribution is -2.50. The van der Waals surface area contributed by atoms with E-state index >= 15 is 0 Å². The number of aliphatic hydroxyl groups is 2. The molecule has 0 saturated heterocycles. The summed E-state index contributed by atoms with van der Waals surface area (Å²) in [6, 6.07) is -1.23. The predicted octanol–water partition coefficient (Wildman–Crippen LogP) is 6.64. The Morgan fingerprint density at radius 3 is 1.74 bits per heavy atom. The summed E-state index contributed by atoms with van der Waals surface area (Å²) in [5, 5.41) is 23.1. The van der Waals surface area contributed by atoms with Crippen molar-refractivity contribution >= 4 is 16.0 Å². The van der Waals surface area contributed by atoms with Crippen molar-refractivity contribution in [3.05, 3.63) is 24.3 Å². The number of hydrogen-bond acceptors (Lipinski definition) is 5. The number of allylic oxidation sites excluding steroid dienone is 3. The summed E-state index contributed by atoms with van der Waals surface area (Å²) in [7, 11) is -4.43. The van der Waals surface area contributed by atoms with Crippen LogP contribution in [0.4, 0.5) is 0 Å². The van der Waals surface area contributed by atoms with Crippen molar-refractivity contribution in [2.24, 2.45) is 0 Å². The number of amides is 1. The second kappa shape index (κ2) is 24.8. The molecule has 8 heteroatoms. The molecule has 38 heavy (non-hydrogen) atoms. The second-order valence-electron chi connectivity index (χ2n) is 10.5. The molecular formula is C30H57NO6S. The SMILES string of the molecule is CCCC/C=C\CCCCCC(O)C(=O)NC(CS(=O)(=O)O)C(O)/C=C/CCCCCCCCCCCC. The molecule has 0 aromatic heterocycles. The average Bonchev–Trinajstić information content (AvgIpc) is 2.86. The number of nitrogens with one attached hydrogen (secondary N) is 1. The lowest BCUT2D eigenvalue weighted by molar-refractivity contribution is -0.130. The Bertz CT molecular complexity index is 722. The van der Waals surface area contributed by atoms with Crippen LogP contribution >= 0.6 is 0 Å². The van der Waals surface area contributed by atoms with Gasteiger partial charge in [0.15, 0.2) is 0 Å². The number of carbonyl (C=O) groups excluding carboxylic acids is 1. The van der Waals surface area contributed by atoms with Crippen LogP contribution in [0, 0.1) is 0 Å². The molecule has 0 aliphatic heterocycles. The molecule has 0 aromatic rings. The summed E-state index contributed by atoms with van der Waals surface area (Å²) >= 11 is 0. The molecule has 0 saturated carbocycles. The first kappa shape index (κ1) is 36.8. The van der Waals surface area contributed by atoms with Gasteiger partial charge >= 0.3 is 0 Å². The Morgan fingerprint density at radius 2 is 1.18 bits per heavy atom. The first-order valence-electron chi connectivity index (χ1n) is 15.1. The number of rotatable bonds is 26. The van der Waals surface area contributed by atoms with Crippen molar-refractivity contribution in [3.8, 4) is 0 Å². The molecule has 4 N–H and O–H groups in total. The van der Waals surface area contributed by atoms with Crippen LogP contribution in [0.2, 0.25) is 0 Å². The Labute approximate surface area is 233 Å². The number of hydrogen-bond donors (Lipinski definition) is 4. The molecule has 0 rings (SSSR count). The maximum atomic E-state index is 12.4. The molecular weight excluding hydrogens is 502 g/mol. The number of carbonyl (C=O) groups is 1. The Balaban J connectivity index is 4.30. The van der Waals surface area contributed by atoms with Crippen molar-refractivity contribution in [2.45, 2.75) is 154 Å². The highest BCUT2D eigenvalue weighted by molar-refractivity contribution is 7.85. The van der Waals surface area contributed by atoms with E-state index in [9.17, 15) is 28.0 Å². The van der Waals surface area contributed by atoms with Gasteiger partial charge < -0.3 is 15.5 Å². The van der Waals surface area contributed by atoms with E-state index in [1.165, 1.54) is 70.3 Å². The predicted molar refractivity (Wildman–Crippen MR) is 158 cm³/mol. The van der Waals surface area contributed by atoms with Gasteiger partial charge in [-0.1, -0.05) is 122 Å². The van der Waals surface area contributed by atoms with Gasteiger partial charge in [0, 0.05) is 0 Å². The molecule has 0 bridgehead atoms. The van der Waals surface area contributed by atoms with Gasteiger partial charge in [-0.05, 0) is 38.5 Å². The van der Waals surface area contributed by atoms with Gasteiger partial charge in [-0.2, -0.15) is 8.42 Å². The van der Waals surface area contributed by atoms with Gasteiger partial charge in [0.25, 0.3) is 10.1 Å². The third-order valence-corrected chi connectivity index (χ3v) is 7.51. The molecule has 0 radical (unpaired) electrons. The highest BCUT2D eigenvalue weighted by Gasteiger charge is 2.27. The largest absolute Gasteiger partial charge is 0.387 e. The van der Waals surface area contributed by atoms with Crippen molar-refractivity contribution in [1.82, 2.24) is 5.32 Å². The van der Waals surface area contributed by atoms with E-state index < -0.39 is 40.0 Å². The minimum absolute atomic E-state index is 0.259. The fourth-order valence-corrected chi connectivity index (χ4v) is 5.05. The lowest BCUT2D eigenvalue weighted by Gasteiger charge is -2.22. The van der Waals surface area contributed by atoms with Gasteiger partial charge in [0.05, 0.1) is 17.9 Å². The summed E-state index contributed by atoms with van der Waals surface area (Å²) in [5.41, 5.74) is 0. The number of aliphatic hydroxyl groups excluding tert-OH is 2. The van der Waals surface area contributed by atoms with E-state index in [0.29, 0.717) is 6.42 Å². The molecule has 3 atom stereocenters. The zero-order chi connectivity index (χ0) is 28.5. The third-order valence-electron chi connectivity index (χ3n) is 6.73. The standard InChI is InChI=1S/C30H57NO6S/c1-3-5-7-9-11-13-14-15-17-18-20-22-24-28(32)27(26-38(35,36)37)31-30(34)29(33)25-23-21-19-16-12-10-8-6-4-2/h10,12,22,24,27-29,32-33H,3-9,11,13-21,23,25-26H2,1-2H3,(H,31,34)(H,35,36,37)/b12-10-,24-22+. The highest BCUT2D eigenvalue weighted by atomic mass is 32.2. The van der Waals surface area contributed by atoms with Gasteiger partial charge in [-0.25, -0.2) is 0 Å². The monoisotopic (exact) mass is 559 g/mol. The van der Waals surface area contributed by atoms with E-state index in [1.54, 1.807) is 6.08 Å². The fourth-order valence-electron chi connectivity index (χ4n) is 4.32. The zero-order valence-electron chi connectivity index (χ0n) is 24.2. The first-order valence-corrected chi connectivity index (χ1v) is 16.8. The first-order chi connectivity index (χ1) is 18.2. The van der Waals surface area contributed by atoms with Crippen LogP contribution < -0.4 is 5.32 Å². The fraction of sp³-hybridized carbons (Fsp3) is 0.833. The van der Waals surface area contributed by atoms with Gasteiger partial charge in [0.1, 0.15) is 6.10 Å². The van der Waals surface area contributed by atoms with E-state index in [-0.39, 0.29) is 6.42 Å². The molecule has 224 valence electrons. The summed E-state index contributed by atoms with van der Waals surface area (Å²) in [4.78, 5) is 12.4. The molecule has 0 heterocycles. The van der Waals surface area contributed by atoms with Crippen molar-refractivity contribution in [1.29, 1.82) is 0 Å². The van der Waals surface area contributed by atoms with Gasteiger partial charge in [-0.3, -0.25) is 9.35 Å². The van der Waals surface area contributed by atoms with E-state index in [0.717, 1.165) is 44.9 Å². The maximum Gasteiger partial charge on any atom is 0.267 e. The van der Waals surface area contributed by atoms with Crippen LogP contribution in [0.3, 0.4) is 0 Å². The Hall–Kier alpha value is -1.22. The Morgan fingerprint density at radius 1 is 0.711 bits per heavy atom. The van der Waals surface area contributed by atoms with E-state index in [2.05, 4.69) is 31.3 Å². The topological polar surface area (TPSA) is 124 Å². The molecule has 3 unspecified atom stereocenters. The molecule has 0 spiro atoms. The number of unbranched alkanes of at least 4 members (excludes halogenated alkanes) is 15. The van der Waals surface area contributed by atoms with Crippen molar-refractivity contribution in [2.75, 3.05) is 5.75 Å². The second-order valence-corrected chi connectivity index (χ2v) is 12.0. The minimum atomic E-state index is -4.43. The van der Waals surface area contributed by atoms with Crippen LogP contribution in [-0.2, 0) is 14.9 Å². The molecule has 0 aliphatic rings. The van der Waals surface area contributed by atoms with Crippen LogP contribution in [0.15, 0.2) is 24.3 Å². The molecule has 0 aliphatic carbocycles. The summed E-state index contributed by atoms with van der Waals surface area (Å²) in [5.74, 6) is -1.56. The molecule has 0 aromatic carbocycles. The third kappa shape index (κ3) is 23.9. The Kier molecular flexibility index (Phi) is 24.0. The summed E-state index contributed by atoms with van der Waals surface area (Å²) in [6.45, 7) is 4.39. The van der Waals surface area contributed by atoms with E-state index in [1.807, 2.05) is 0 Å². The highest BCUT2D eigenvalue weighted by Crippen LogP contribution is 2.12. The van der Waals surface area contributed by atoms with Crippen molar-refractivity contribution in [3.63, 3.8) is 0 Å². The van der Waals surface area contributed by atoms with E-state index in [4.69, 9.17) is 0 Å². The van der Waals surface area contributed by atoms with Crippen LogP contribution in [0.25, 0.3) is 0 Å². The normalized spacial score (nSPS) is 14.8. The van der Waals surface area contributed by atoms with Crippen molar-refractivity contribution < 1.29 is 28.0 Å². The molecule has 0 fully saturated rings. The smallest absolute Gasteiger partial charge is 0.267 e. The quantitative estimate of drug-likeness (QED) is 0.0535. The summed E-state index contributed by atoms with van der Waals surface area (Å²) in [6.07, 6.45) is 25.3. The summed E-state index contributed by atoms with van der Waals surface area (Å²) < 4.78 is 32.1. The molecule has 7 nitrogen and oxygen atoms in total. The maximum absolute atomic E-state index is 12.4. The average molecular weight is 560 g/mol. The zero-order valence-corrected chi connectivity index (χ0v) is 25.0. The van der Waals surface area contributed by atoms with Gasteiger partial charge in [-0.15, -0.1) is 0 Å². The van der Waals surface area contributed by atoms with Crippen LogP contribution in [0.1, 0.15) is 136 Å². The van der Waals surface area contributed by atoms with Crippen LogP contribution in [0.5, 0.6) is 0 Å². The minimum Gasteiger partial charge on any atom is -0.387 e. The lowest BCUT2D eigenvalue weighted by atomic mass is 10.1. The van der Waals surface area contributed by atoms with Crippen LogP contribution in [-0.4, -0.2) is 53.1 Å².